The minimum Gasteiger partial charge on any atom is -0.321 e. The molecule has 1 heterocycles. The monoisotopic (exact) mass is 350 g/mol. The Hall–Kier alpha value is -3.48. The Morgan fingerprint density at radius 2 is 1.77 bits per heavy atom. The molecule has 0 aliphatic heterocycles. The number of hydrogen-bond donors (Lipinski definition) is 1. The van der Waals surface area contributed by atoms with Crippen LogP contribution in [0.2, 0.25) is 0 Å². The number of rotatable bonds is 4. The van der Waals surface area contributed by atoms with E-state index in [-0.39, 0.29) is 11.6 Å². The van der Waals surface area contributed by atoms with Crippen LogP contribution in [0.4, 0.5) is 11.4 Å². The van der Waals surface area contributed by atoms with Crippen LogP contribution >= 0.6 is 0 Å². The zero-order valence-corrected chi connectivity index (χ0v) is 14.7. The number of nitrogens with one attached hydrogen (secondary N) is 1. The van der Waals surface area contributed by atoms with Crippen molar-refractivity contribution in [1.29, 1.82) is 0 Å². The fraction of sp³-hybridized carbons (Fsp3) is 0.158. The number of aryl methyl sites for hydroxylation is 3. The molecule has 0 aliphatic carbocycles. The average Bonchev–Trinajstić information content (AvgIpc) is 2.95. The number of anilines is 1. The third-order valence-corrected chi connectivity index (χ3v) is 4.06. The topological polar surface area (TPSA) is 90.1 Å². The zero-order valence-electron chi connectivity index (χ0n) is 14.7. The molecule has 0 unspecified atom stereocenters. The van der Waals surface area contributed by atoms with Gasteiger partial charge in [0.25, 0.3) is 11.6 Å². The molecule has 1 N–H and O–H groups in total. The Kier molecular flexibility index (Phi) is 4.53. The van der Waals surface area contributed by atoms with Crippen molar-refractivity contribution in [3.63, 3.8) is 0 Å². The zero-order chi connectivity index (χ0) is 18.8. The number of non-ortho nitro benzene ring substituents is 1. The highest BCUT2D eigenvalue weighted by Gasteiger charge is 2.13. The van der Waals surface area contributed by atoms with E-state index in [0.29, 0.717) is 11.3 Å². The van der Waals surface area contributed by atoms with E-state index < -0.39 is 4.92 Å². The first kappa shape index (κ1) is 17.3. The average molecular weight is 350 g/mol. The van der Waals surface area contributed by atoms with Crippen molar-refractivity contribution < 1.29 is 9.72 Å². The predicted octanol–water partition coefficient (Wildman–Crippen LogP) is 3.96. The molecule has 3 rings (SSSR count). The summed E-state index contributed by atoms with van der Waals surface area (Å²) in [5, 5.41) is 18.0. The van der Waals surface area contributed by atoms with Crippen molar-refractivity contribution in [2.24, 2.45) is 0 Å². The van der Waals surface area contributed by atoms with E-state index >= 15 is 0 Å². The standard InChI is InChI=1S/C19H18N4O3/c1-12-4-7-17(23(25)26)11-18(12)20-19(24)15-5-8-16(9-6-15)22-14(3)10-13(2)21-22/h4-11H,1-3H3,(H,20,24). The van der Waals surface area contributed by atoms with E-state index in [9.17, 15) is 14.9 Å². The molecular weight excluding hydrogens is 332 g/mol. The van der Waals surface area contributed by atoms with Crippen molar-refractivity contribution in [2.45, 2.75) is 20.8 Å². The second-order valence-corrected chi connectivity index (χ2v) is 6.10. The van der Waals surface area contributed by atoms with Gasteiger partial charge in [0.15, 0.2) is 0 Å². The lowest BCUT2D eigenvalue weighted by atomic mass is 10.1. The summed E-state index contributed by atoms with van der Waals surface area (Å²) in [7, 11) is 0. The van der Waals surface area contributed by atoms with E-state index in [2.05, 4.69) is 10.4 Å². The summed E-state index contributed by atoms with van der Waals surface area (Å²) >= 11 is 0. The molecule has 0 spiro atoms. The molecule has 3 aromatic rings. The maximum Gasteiger partial charge on any atom is 0.271 e. The van der Waals surface area contributed by atoms with E-state index in [1.807, 2.05) is 36.7 Å². The lowest BCUT2D eigenvalue weighted by molar-refractivity contribution is -0.384. The molecule has 0 aliphatic rings. The molecule has 0 fully saturated rings. The van der Waals surface area contributed by atoms with Gasteiger partial charge in [0, 0.05) is 23.4 Å². The van der Waals surface area contributed by atoms with Gasteiger partial charge in [-0.25, -0.2) is 4.68 Å². The molecule has 0 saturated carbocycles. The third kappa shape index (κ3) is 3.46. The highest BCUT2D eigenvalue weighted by Crippen LogP contribution is 2.22. The molecule has 2 aromatic carbocycles. The molecule has 1 aromatic heterocycles. The second kappa shape index (κ2) is 6.79. The number of carbonyl (C=O) groups is 1. The van der Waals surface area contributed by atoms with Crippen LogP contribution in [0.15, 0.2) is 48.5 Å². The summed E-state index contributed by atoms with van der Waals surface area (Å²) in [5.74, 6) is -0.325. The van der Waals surface area contributed by atoms with E-state index in [0.717, 1.165) is 22.6 Å². The first-order valence-corrected chi connectivity index (χ1v) is 8.05. The molecule has 132 valence electrons. The SMILES string of the molecule is Cc1cc(C)n(-c2ccc(C(=O)Nc3cc([N+](=O)[O-])ccc3C)cc2)n1. The fourth-order valence-electron chi connectivity index (χ4n) is 2.70. The first-order valence-electron chi connectivity index (χ1n) is 8.05. The molecule has 0 radical (unpaired) electrons. The number of nitro groups is 1. The van der Waals surface area contributed by atoms with Gasteiger partial charge in [-0.15, -0.1) is 0 Å². The summed E-state index contributed by atoms with van der Waals surface area (Å²) in [4.78, 5) is 22.9. The van der Waals surface area contributed by atoms with Gasteiger partial charge in [-0.1, -0.05) is 6.07 Å². The van der Waals surface area contributed by atoms with Crippen LogP contribution in [-0.2, 0) is 0 Å². The Bertz CT molecular complexity index is 991. The smallest absolute Gasteiger partial charge is 0.271 e. The van der Waals surface area contributed by atoms with Gasteiger partial charge in [0.1, 0.15) is 0 Å². The molecule has 7 heteroatoms. The maximum absolute atomic E-state index is 12.5. The Morgan fingerprint density at radius 1 is 1.08 bits per heavy atom. The van der Waals surface area contributed by atoms with Crippen molar-refractivity contribution >= 4 is 17.3 Å². The van der Waals surface area contributed by atoms with Crippen LogP contribution < -0.4 is 5.32 Å². The van der Waals surface area contributed by atoms with E-state index in [1.54, 1.807) is 25.1 Å². The molecule has 7 nitrogen and oxygen atoms in total. The van der Waals surface area contributed by atoms with Crippen molar-refractivity contribution in [3.05, 3.63) is 81.2 Å². The summed E-state index contributed by atoms with van der Waals surface area (Å²) < 4.78 is 1.81. The molecule has 1 amide bonds. The number of hydrogen-bond acceptors (Lipinski definition) is 4. The molecule has 0 saturated heterocycles. The van der Waals surface area contributed by atoms with Crippen LogP contribution in [-0.4, -0.2) is 20.6 Å². The quantitative estimate of drug-likeness (QED) is 0.570. The van der Waals surface area contributed by atoms with Crippen LogP contribution in [0.3, 0.4) is 0 Å². The van der Waals surface area contributed by atoms with Gasteiger partial charge in [0.2, 0.25) is 0 Å². The van der Waals surface area contributed by atoms with Crippen LogP contribution in [0, 0.1) is 30.9 Å². The van der Waals surface area contributed by atoms with Gasteiger partial charge in [-0.2, -0.15) is 5.10 Å². The van der Waals surface area contributed by atoms with Gasteiger partial charge in [-0.05, 0) is 56.7 Å². The minimum atomic E-state index is -0.488. The van der Waals surface area contributed by atoms with Crippen LogP contribution in [0.25, 0.3) is 5.69 Å². The van der Waals surface area contributed by atoms with Crippen LogP contribution in [0.1, 0.15) is 27.3 Å². The van der Waals surface area contributed by atoms with E-state index in [1.165, 1.54) is 12.1 Å². The normalized spacial score (nSPS) is 10.6. The number of benzene rings is 2. The maximum atomic E-state index is 12.5. The Labute approximate surface area is 150 Å². The largest absolute Gasteiger partial charge is 0.321 e. The number of carbonyl (C=O) groups excluding carboxylic acids is 1. The number of nitro benzene ring substituents is 1. The number of aromatic nitrogens is 2. The number of amides is 1. The first-order chi connectivity index (χ1) is 12.3. The summed E-state index contributed by atoms with van der Waals surface area (Å²) in [6.45, 7) is 5.67. The fourth-order valence-corrected chi connectivity index (χ4v) is 2.70. The molecular formula is C19H18N4O3. The molecule has 26 heavy (non-hydrogen) atoms. The molecule has 0 atom stereocenters. The minimum absolute atomic E-state index is 0.0641. The summed E-state index contributed by atoms with van der Waals surface area (Å²) in [5.41, 5.74) is 4.36. The van der Waals surface area contributed by atoms with Gasteiger partial charge in [0.05, 0.1) is 22.0 Å². The van der Waals surface area contributed by atoms with Crippen molar-refractivity contribution in [3.8, 4) is 5.69 Å². The molecule has 0 bridgehead atoms. The highest BCUT2D eigenvalue weighted by atomic mass is 16.6. The van der Waals surface area contributed by atoms with Crippen molar-refractivity contribution in [2.75, 3.05) is 5.32 Å². The third-order valence-electron chi connectivity index (χ3n) is 4.06. The second-order valence-electron chi connectivity index (χ2n) is 6.10. The van der Waals surface area contributed by atoms with Crippen LogP contribution in [0.5, 0.6) is 0 Å². The lowest BCUT2D eigenvalue weighted by Gasteiger charge is -2.09. The summed E-state index contributed by atoms with van der Waals surface area (Å²) in [6, 6.07) is 13.4. The van der Waals surface area contributed by atoms with Crippen molar-refractivity contribution in [1.82, 2.24) is 9.78 Å². The Balaban J connectivity index is 1.82. The van der Waals surface area contributed by atoms with Gasteiger partial charge in [-0.3, -0.25) is 14.9 Å². The lowest BCUT2D eigenvalue weighted by Crippen LogP contribution is -2.13. The highest BCUT2D eigenvalue weighted by molar-refractivity contribution is 6.04. The number of nitrogens with zero attached hydrogens (tertiary/aromatic N) is 3. The van der Waals surface area contributed by atoms with Gasteiger partial charge >= 0.3 is 0 Å². The van der Waals surface area contributed by atoms with Gasteiger partial charge < -0.3 is 5.32 Å². The van der Waals surface area contributed by atoms with E-state index in [4.69, 9.17) is 0 Å². The predicted molar refractivity (Wildman–Crippen MR) is 98.8 cm³/mol. The Morgan fingerprint density at radius 3 is 2.35 bits per heavy atom. The summed E-state index contributed by atoms with van der Waals surface area (Å²) in [6.07, 6.45) is 0.